The SMILES string of the molecule is O=C(NCCc1cccc(F)c1)c1cccc(NC(=O)C2CCCCC2)c1. The lowest BCUT2D eigenvalue weighted by Crippen LogP contribution is -2.26. The quantitative estimate of drug-likeness (QED) is 0.798. The number of carbonyl (C=O) groups excluding carboxylic acids is 2. The molecule has 0 saturated heterocycles. The largest absolute Gasteiger partial charge is 0.352 e. The molecule has 5 heteroatoms. The summed E-state index contributed by atoms with van der Waals surface area (Å²) in [6, 6.07) is 13.3. The Morgan fingerprint density at radius 3 is 2.56 bits per heavy atom. The van der Waals surface area contributed by atoms with Crippen LogP contribution in [0.5, 0.6) is 0 Å². The number of hydrogen-bond donors (Lipinski definition) is 2. The zero-order valence-corrected chi connectivity index (χ0v) is 15.3. The van der Waals surface area contributed by atoms with Crippen LogP contribution >= 0.6 is 0 Å². The molecule has 0 spiro atoms. The highest BCUT2D eigenvalue weighted by atomic mass is 19.1. The smallest absolute Gasteiger partial charge is 0.251 e. The molecule has 0 aliphatic heterocycles. The van der Waals surface area contributed by atoms with E-state index in [4.69, 9.17) is 0 Å². The molecular weight excluding hydrogens is 343 g/mol. The second-order valence-corrected chi connectivity index (χ2v) is 7.04. The van der Waals surface area contributed by atoms with Crippen LogP contribution in [0, 0.1) is 11.7 Å². The summed E-state index contributed by atoms with van der Waals surface area (Å²) in [5.41, 5.74) is 1.97. The van der Waals surface area contributed by atoms with Gasteiger partial charge in [0.15, 0.2) is 0 Å². The van der Waals surface area contributed by atoms with Crippen LogP contribution in [0.15, 0.2) is 48.5 Å². The Morgan fingerprint density at radius 1 is 1.00 bits per heavy atom. The Hall–Kier alpha value is -2.69. The third kappa shape index (κ3) is 5.64. The fraction of sp³-hybridized carbons (Fsp3) is 0.364. The van der Waals surface area contributed by atoms with E-state index in [2.05, 4.69) is 10.6 Å². The number of anilines is 1. The van der Waals surface area contributed by atoms with Crippen molar-refractivity contribution in [1.29, 1.82) is 0 Å². The van der Waals surface area contributed by atoms with Gasteiger partial charge in [-0.2, -0.15) is 0 Å². The summed E-state index contributed by atoms with van der Waals surface area (Å²) < 4.78 is 13.2. The molecule has 2 N–H and O–H groups in total. The maximum Gasteiger partial charge on any atom is 0.251 e. The number of nitrogens with one attached hydrogen (secondary N) is 2. The average Bonchev–Trinajstić information content (AvgIpc) is 2.69. The number of benzene rings is 2. The summed E-state index contributed by atoms with van der Waals surface area (Å²) in [4.78, 5) is 24.7. The van der Waals surface area contributed by atoms with Gasteiger partial charge in [0.2, 0.25) is 5.91 Å². The molecule has 0 radical (unpaired) electrons. The molecule has 0 unspecified atom stereocenters. The van der Waals surface area contributed by atoms with E-state index in [-0.39, 0.29) is 23.5 Å². The molecule has 0 atom stereocenters. The van der Waals surface area contributed by atoms with Crippen molar-refractivity contribution in [2.24, 2.45) is 5.92 Å². The van der Waals surface area contributed by atoms with Gasteiger partial charge in [0.1, 0.15) is 5.82 Å². The lowest BCUT2D eigenvalue weighted by Gasteiger charge is -2.20. The lowest BCUT2D eigenvalue weighted by molar-refractivity contribution is -0.120. The Morgan fingerprint density at radius 2 is 1.78 bits per heavy atom. The minimum atomic E-state index is -0.278. The highest BCUT2D eigenvalue weighted by Crippen LogP contribution is 2.25. The summed E-state index contributed by atoms with van der Waals surface area (Å²) in [5, 5.41) is 5.77. The van der Waals surface area contributed by atoms with Crippen LogP contribution in [0.2, 0.25) is 0 Å². The van der Waals surface area contributed by atoms with Crippen molar-refractivity contribution in [2.45, 2.75) is 38.5 Å². The second-order valence-electron chi connectivity index (χ2n) is 7.04. The molecule has 1 saturated carbocycles. The van der Waals surface area contributed by atoms with Crippen molar-refractivity contribution < 1.29 is 14.0 Å². The van der Waals surface area contributed by atoms with Crippen molar-refractivity contribution in [2.75, 3.05) is 11.9 Å². The standard InChI is InChI=1S/C22H25FN2O2/c23-19-10-4-6-16(14-19)12-13-24-21(26)18-9-5-11-20(15-18)25-22(27)17-7-2-1-3-8-17/h4-6,9-11,14-15,17H,1-3,7-8,12-13H2,(H,24,26)(H,25,27). The van der Waals surface area contributed by atoms with E-state index in [1.807, 2.05) is 6.07 Å². The minimum absolute atomic E-state index is 0.0402. The summed E-state index contributed by atoms with van der Waals surface area (Å²) in [6.07, 6.45) is 5.84. The number of halogens is 1. The van der Waals surface area contributed by atoms with Gasteiger partial charge in [-0.1, -0.05) is 37.5 Å². The van der Waals surface area contributed by atoms with Crippen LogP contribution in [-0.4, -0.2) is 18.4 Å². The molecule has 1 aliphatic carbocycles. The van der Waals surface area contributed by atoms with Gasteiger partial charge in [-0.15, -0.1) is 0 Å². The van der Waals surface area contributed by atoms with E-state index in [0.29, 0.717) is 24.2 Å². The zero-order chi connectivity index (χ0) is 19.1. The van der Waals surface area contributed by atoms with Crippen LogP contribution < -0.4 is 10.6 Å². The molecular formula is C22H25FN2O2. The summed E-state index contributed by atoms with van der Waals surface area (Å²) in [5.74, 6) is -0.374. The van der Waals surface area contributed by atoms with E-state index in [0.717, 1.165) is 31.2 Å². The minimum Gasteiger partial charge on any atom is -0.352 e. The molecule has 1 aliphatic rings. The third-order valence-corrected chi connectivity index (χ3v) is 4.96. The van der Waals surface area contributed by atoms with Crippen molar-refractivity contribution in [1.82, 2.24) is 5.32 Å². The van der Waals surface area contributed by atoms with Crippen molar-refractivity contribution in [3.05, 3.63) is 65.5 Å². The van der Waals surface area contributed by atoms with Crippen molar-refractivity contribution in [3.63, 3.8) is 0 Å². The highest BCUT2D eigenvalue weighted by molar-refractivity contribution is 5.97. The van der Waals surface area contributed by atoms with Crippen LogP contribution in [-0.2, 0) is 11.2 Å². The van der Waals surface area contributed by atoms with Gasteiger partial charge >= 0.3 is 0 Å². The Labute approximate surface area is 159 Å². The molecule has 0 heterocycles. The van der Waals surface area contributed by atoms with E-state index >= 15 is 0 Å². The number of carbonyl (C=O) groups is 2. The highest BCUT2D eigenvalue weighted by Gasteiger charge is 2.21. The van der Waals surface area contributed by atoms with Crippen LogP contribution in [0.1, 0.15) is 48.0 Å². The molecule has 3 rings (SSSR count). The van der Waals surface area contributed by atoms with Crippen LogP contribution in [0.4, 0.5) is 10.1 Å². The second kappa shape index (κ2) is 9.31. The first-order chi connectivity index (χ1) is 13.1. The fourth-order valence-electron chi connectivity index (χ4n) is 3.46. The maximum atomic E-state index is 13.2. The molecule has 27 heavy (non-hydrogen) atoms. The number of hydrogen-bond acceptors (Lipinski definition) is 2. The zero-order valence-electron chi connectivity index (χ0n) is 15.3. The van der Waals surface area contributed by atoms with Gasteiger partial charge in [-0.25, -0.2) is 4.39 Å². The van der Waals surface area contributed by atoms with Gasteiger partial charge in [0, 0.05) is 23.7 Å². The van der Waals surface area contributed by atoms with E-state index in [1.54, 1.807) is 30.3 Å². The number of amides is 2. The lowest BCUT2D eigenvalue weighted by atomic mass is 9.88. The molecule has 4 nitrogen and oxygen atoms in total. The van der Waals surface area contributed by atoms with E-state index in [1.165, 1.54) is 18.6 Å². The van der Waals surface area contributed by atoms with Gasteiger partial charge in [-0.3, -0.25) is 9.59 Å². The summed E-state index contributed by atoms with van der Waals surface area (Å²) in [6.45, 7) is 0.418. The summed E-state index contributed by atoms with van der Waals surface area (Å²) in [7, 11) is 0. The van der Waals surface area contributed by atoms with Gasteiger partial charge in [0.25, 0.3) is 5.91 Å². The molecule has 1 fully saturated rings. The Bertz CT molecular complexity index is 800. The van der Waals surface area contributed by atoms with Crippen LogP contribution in [0.3, 0.4) is 0 Å². The molecule has 2 aromatic rings. The average molecular weight is 368 g/mol. The van der Waals surface area contributed by atoms with Crippen molar-refractivity contribution >= 4 is 17.5 Å². The van der Waals surface area contributed by atoms with Crippen molar-refractivity contribution in [3.8, 4) is 0 Å². The van der Waals surface area contributed by atoms with E-state index < -0.39 is 0 Å². The monoisotopic (exact) mass is 368 g/mol. The fourth-order valence-corrected chi connectivity index (χ4v) is 3.46. The van der Waals surface area contributed by atoms with Gasteiger partial charge in [-0.05, 0) is 55.2 Å². The van der Waals surface area contributed by atoms with Crippen LogP contribution in [0.25, 0.3) is 0 Å². The first-order valence-electron chi connectivity index (χ1n) is 9.55. The molecule has 2 amide bonds. The predicted octanol–water partition coefficient (Wildman–Crippen LogP) is 4.32. The molecule has 0 aromatic heterocycles. The first-order valence-corrected chi connectivity index (χ1v) is 9.55. The molecule has 2 aromatic carbocycles. The normalized spacial score (nSPS) is 14.6. The summed E-state index contributed by atoms with van der Waals surface area (Å²) >= 11 is 0. The number of rotatable bonds is 6. The Kier molecular flexibility index (Phi) is 6.58. The maximum absolute atomic E-state index is 13.2. The topological polar surface area (TPSA) is 58.2 Å². The third-order valence-electron chi connectivity index (χ3n) is 4.96. The predicted molar refractivity (Wildman–Crippen MR) is 104 cm³/mol. The molecule has 0 bridgehead atoms. The Balaban J connectivity index is 1.52. The first kappa shape index (κ1) is 19.1. The molecule has 142 valence electrons. The van der Waals surface area contributed by atoms with E-state index in [9.17, 15) is 14.0 Å². The van der Waals surface area contributed by atoms with Gasteiger partial charge < -0.3 is 10.6 Å². The van der Waals surface area contributed by atoms with Gasteiger partial charge in [0.05, 0.1) is 0 Å².